The molecule has 2 saturated heterocycles. The van der Waals surface area contributed by atoms with Crippen molar-refractivity contribution in [2.45, 2.75) is 112 Å². The van der Waals surface area contributed by atoms with E-state index in [0.717, 1.165) is 6.42 Å². The molecule has 194 valence electrons. The molecule has 0 aromatic carbocycles. The van der Waals surface area contributed by atoms with E-state index in [0.29, 0.717) is 12.8 Å². The first-order valence-electron chi connectivity index (χ1n) is 11.8. The SMILES string of the molecule is CN[C@@H]1[C@@H](O)[C@@H](O[C@@H]2[C@@H](O)[C@H](O[C@H]3O[C@H]([C@@H](C)NC)CC[C@H]3N)[C@@H](N)C[C@H]2N)OCC1(C)O. The summed E-state index contributed by atoms with van der Waals surface area (Å²) < 4.78 is 23.7. The molecule has 2 aliphatic heterocycles. The number of nitrogens with two attached hydrogens (primary N) is 3. The molecule has 0 amide bonds. The summed E-state index contributed by atoms with van der Waals surface area (Å²) in [6.07, 6.45) is -4.22. The molecule has 0 aromatic heterocycles. The van der Waals surface area contributed by atoms with Crippen LogP contribution in [0.3, 0.4) is 0 Å². The molecular weight excluding hydrogens is 434 g/mol. The van der Waals surface area contributed by atoms with Gasteiger partial charge in [0.15, 0.2) is 12.6 Å². The molecule has 13 atom stereocenters. The second-order valence-corrected chi connectivity index (χ2v) is 9.91. The van der Waals surface area contributed by atoms with Crippen molar-refractivity contribution in [3.63, 3.8) is 0 Å². The quantitative estimate of drug-likeness (QED) is 0.182. The van der Waals surface area contributed by atoms with Crippen LogP contribution < -0.4 is 27.8 Å². The minimum atomic E-state index is -1.29. The molecule has 1 saturated carbocycles. The molecule has 2 heterocycles. The van der Waals surface area contributed by atoms with Crippen LogP contribution in [-0.2, 0) is 18.9 Å². The van der Waals surface area contributed by atoms with Gasteiger partial charge in [-0.05, 0) is 47.2 Å². The molecule has 3 aliphatic rings. The van der Waals surface area contributed by atoms with Crippen molar-refractivity contribution in [2.75, 3.05) is 20.7 Å². The molecule has 0 spiro atoms. The lowest BCUT2D eigenvalue weighted by Crippen LogP contribution is -2.68. The normalized spacial score (nSPS) is 50.2. The molecule has 1 unspecified atom stereocenters. The van der Waals surface area contributed by atoms with Gasteiger partial charge in [0.2, 0.25) is 0 Å². The van der Waals surface area contributed by atoms with Crippen LogP contribution in [0.5, 0.6) is 0 Å². The molecule has 12 nitrogen and oxygen atoms in total. The first kappa shape index (κ1) is 27.1. The lowest BCUT2D eigenvalue weighted by Gasteiger charge is -2.48. The fourth-order valence-corrected chi connectivity index (χ4v) is 5.04. The van der Waals surface area contributed by atoms with Gasteiger partial charge in [0.1, 0.15) is 30.0 Å². The van der Waals surface area contributed by atoms with Crippen molar-refractivity contribution < 1.29 is 34.3 Å². The summed E-state index contributed by atoms with van der Waals surface area (Å²) in [5, 5.41) is 38.3. The third kappa shape index (κ3) is 5.85. The lowest BCUT2D eigenvalue weighted by atomic mass is 9.84. The fraction of sp³-hybridized carbons (Fsp3) is 1.00. The molecule has 1 aliphatic carbocycles. The number of hydrogen-bond donors (Lipinski definition) is 8. The zero-order chi connectivity index (χ0) is 24.5. The molecular formula is C21H43N5O7. The minimum Gasteiger partial charge on any atom is -0.388 e. The number of likely N-dealkylation sites (N-methyl/N-ethyl adjacent to an activating group) is 2. The van der Waals surface area contributed by atoms with Crippen LogP contribution in [0.2, 0.25) is 0 Å². The van der Waals surface area contributed by atoms with Crippen molar-refractivity contribution in [3.05, 3.63) is 0 Å². The highest BCUT2D eigenvalue weighted by atomic mass is 16.7. The summed E-state index contributed by atoms with van der Waals surface area (Å²) in [5.74, 6) is 0. The van der Waals surface area contributed by atoms with Crippen LogP contribution >= 0.6 is 0 Å². The monoisotopic (exact) mass is 477 g/mol. The van der Waals surface area contributed by atoms with Gasteiger partial charge >= 0.3 is 0 Å². The maximum absolute atomic E-state index is 11.1. The van der Waals surface area contributed by atoms with E-state index in [1.165, 1.54) is 0 Å². The summed E-state index contributed by atoms with van der Waals surface area (Å²) in [4.78, 5) is 0. The van der Waals surface area contributed by atoms with Crippen LogP contribution in [0.1, 0.15) is 33.1 Å². The predicted octanol–water partition coefficient (Wildman–Crippen LogP) is -3.33. The van der Waals surface area contributed by atoms with Gasteiger partial charge in [-0.25, -0.2) is 0 Å². The summed E-state index contributed by atoms with van der Waals surface area (Å²) in [6.45, 7) is 3.52. The Morgan fingerprint density at radius 2 is 1.58 bits per heavy atom. The van der Waals surface area contributed by atoms with Gasteiger partial charge in [0, 0.05) is 18.1 Å². The molecule has 0 bridgehead atoms. The Labute approximate surface area is 195 Å². The van der Waals surface area contributed by atoms with Gasteiger partial charge in [-0.15, -0.1) is 0 Å². The lowest BCUT2D eigenvalue weighted by molar-refractivity contribution is -0.307. The maximum atomic E-state index is 11.1. The maximum Gasteiger partial charge on any atom is 0.185 e. The van der Waals surface area contributed by atoms with E-state index >= 15 is 0 Å². The van der Waals surface area contributed by atoms with Gasteiger partial charge in [-0.1, -0.05) is 0 Å². The van der Waals surface area contributed by atoms with Crippen molar-refractivity contribution in [1.82, 2.24) is 10.6 Å². The summed E-state index contributed by atoms with van der Waals surface area (Å²) >= 11 is 0. The van der Waals surface area contributed by atoms with E-state index < -0.39 is 60.7 Å². The van der Waals surface area contributed by atoms with Gasteiger partial charge in [-0.2, -0.15) is 0 Å². The van der Waals surface area contributed by atoms with Crippen molar-refractivity contribution in [1.29, 1.82) is 0 Å². The molecule has 3 fully saturated rings. The van der Waals surface area contributed by atoms with Crippen molar-refractivity contribution in [3.8, 4) is 0 Å². The Bertz CT molecular complexity index is 632. The molecule has 11 N–H and O–H groups in total. The number of hydrogen-bond acceptors (Lipinski definition) is 12. The Morgan fingerprint density at radius 1 is 0.970 bits per heavy atom. The zero-order valence-corrected chi connectivity index (χ0v) is 20.0. The van der Waals surface area contributed by atoms with E-state index in [9.17, 15) is 15.3 Å². The summed E-state index contributed by atoms with van der Waals surface area (Å²) in [7, 11) is 3.49. The van der Waals surface area contributed by atoms with Gasteiger partial charge in [-0.3, -0.25) is 0 Å². The fourth-order valence-electron chi connectivity index (χ4n) is 5.04. The van der Waals surface area contributed by atoms with E-state index in [2.05, 4.69) is 10.6 Å². The first-order valence-corrected chi connectivity index (χ1v) is 11.8. The van der Waals surface area contributed by atoms with Gasteiger partial charge in [0.25, 0.3) is 0 Å². The molecule has 3 rings (SSSR count). The Kier molecular flexibility index (Phi) is 9.09. The first-order chi connectivity index (χ1) is 15.5. The van der Waals surface area contributed by atoms with Crippen molar-refractivity contribution >= 4 is 0 Å². The minimum absolute atomic E-state index is 0.0620. The topological polar surface area (TPSA) is 200 Å². The average Bonchev–Trinajstić information content (AvgIpc) is 2.76. The smallest absolute Gasteiger partial charge is 0.185 e. The van der Waals surface area contributed by atoms with Gasteiger partial charge < -0.3 is 62.1 Å². The second-order valence-electron chi connectivity index (χ2n) is 9.91. The van der Waals surface area contributed by atoms with E-state index in [-0.39, 0.29) is 24.8 Å². The third-order valence-electron chi connectivity index (χ3n) is 7.24. The highest BCUT2D eigenvalue weighted by molar-refractivity contribution is 5.02. The number of rotatable bonds is 7. The molecule has 0 aromatic rings. The van der Waals surface area contributed by atoms with E-state index in [4.69, 9.17) is 36.1 Å². The molecule has 0 radical (unpaired) electrons. The standard InChI is InChI=1S/C21H43N5O7/c1-9(25-3)13-6-5-10(22)19(31-13)32-16-11(23)7-12(24)17(14(16)27)33-20-15(28)18(26-4)21(2,29)8-30-20/h9-20,25-29H,5-8,22-24H2,1-4H3/t9-,10-,11+,12-,13+,14+,15-,16-,17+,18-,19-,20-,21?/m1/s1. The van der Waals surface area contributed by atoms with Crippen molar-refractivity contribution in [2.24, 2.45) is 17.2 Å². The Morgan fingerprint density at radius 3 is 2.15 bits per heavy atom. The highest BCUT2D eigenvalue weighted by Gasteiger charge is 2.50. The van der Waals surface area contributed by atoms with Crippen LogP contribution in [0.4, 0.5) is 0 Å². The number of nitrogens with one attached hydrogen (secondary N) is 2. The van der Waals surface area contributed by atoms with Crippen LogP contribution in [0.15, 0.2) is 0 Å². The molecule has 12 heteroatoms. The van der Waals surface area contributed by atoms with Crippen LogP contribution in [-0.4, -0.2) is 115 Å². The Balaban J connectivity index is 1.68. The largest absolute Gasteiger partial charge is 0.388 e. The third-order valence-corrected chi connectivity index (χ3v) is 7.24. The Hall–Kier alpha value is -0.480. The number of aliphatic hydroxyl groups excluding tert-OH is 2. The summed E-state index contributed by atoms with van der Waals surface area (Å²) in [5.41, 5.74) is 17.5. The highest BCUT2D eigenvalue weighted by Crippen LogP contribution is 2.31. The van der Waals surface area contributed by atoms with Crippen LogP contribution in [0, 0.1) is 0 Å². The zero-order valence-electron chi connectivity index (χ0n) is 20.0. The average molecular weight is 478 g/mol. The van der Waals surface area contributed by atoms with Gasteiger partial charge in [0.05, 0.1) is 24.8 Å². The van der Waals surface area contributed by atoms with E-state index in [1.54, 1.807) is 14.0 Å². The predicted molar refractivity (Wildman–Crippen MR) is 120 cm³/mol. The van der Waals surface area contributed by atoms with E-state index in [1.807, 2.05) is 14.0 Å². The molecule has 33 heavy (non-hydrogen) atoms. The summed E-state index contributed by atoms with van der Waals surface area (Å²) in [6, 6.07) is -2.11. The van der Waals surface area contributed by atoms with Crippen LogP contribution in [0.25, 0.3) is 0 Å². The number of aliphatic hydroxyl groups is 3. The number of ether oxygens (including phenoxy) is 4. The second kappa shape index (κ2) is 11.1.